The van der Waals surface area contributed by atoms with Gasteiger partial charge in [-0.2, -0.15) is 9.41 Å². The van der Waals surface area contributed by atoms with Crippen LogP contribution in [0.5, 0.6) is 0 Å². The number of benzene rings is 3. The highest BCUT2D eigenvalue weighted by Crippen LogP contribution is 2.28. The fraction of sp³-hybridized carbons (Fsp3) is 0.0909. The van der Waals surface area contributed by atoms with E-state index in [0.717, 1.165) is 14.3 Å². The highest BCUT2D eigenvalue weighted by molar-refractivity contribution is 9.10. The zero-order valence-electron chi connectivity index (χ0n) is 16.9. The Bertz CT molecular complexity index is 1250. The summed E-state index contributed by atoms with van der Waals surface area (Å²) in [5, 5.41) is 4.86. The Morgan fingerprint density at radius 1 is 0.970 bits per heavy atom. The van der Waals surface area contributed by atoms with Crippen LogP contribution in [0.3, 0.4) is 0 Å². The molecule has 0 aliphatic heterocycles. The molecule has 1 N–H and O–H groups in total. The Balaban J connectivity index is 1.84. The quantitative estimate of drug-likeness (QED) is 0.269. The molecule has 0 aliphatic rings. The van der Waals surface area contributed by atoms with Crippen LogP contribution < -0.4 is 5.43 Å². The lowest BCUT2D eigenvalue weighted by molar-refractivity contribution is -0.121. The summed E-state index contributed by atoms with van der Waals surface area (Å²) >= 11 is 21.7. The maximum atomic E-state index is 13.3. The Morgan fingerprint density at radius 3 is 2.18 bits per heavy atom. The third-order valence-corrected chi connectivity index (χ3v) is 7.74. The van der Waals surface area contributed by atoms with Gasteiger partial charge in [0.25, 0.3) is 5.91 Å². The van der Waals surface area contributed by atoms with Crippen molar-refractivity contribution in [3.05, 3.63) is 97.4 Å². The zero-order valence-corrected chi connectivity index (χ0v) is 21.6. The number of hydrogen-bond donors (Lipinski definition) is 1. The van der Waals surface area contributed by atoms with E-state index in [-0.39, 0.29) is 21.5 Å². The Morgan fingerprint density at radius 2 is 1.58 bits per heavy atom. The van der Waals surface area contributed by atoms with Crippen molar-refractivity contribution in [1.29, 1.82) is 0 Å². The molecule has 3 aromatic carbocycles. The summed E-state index contributed by atoms with van der Waals surface area (Å²) in [6, 6.07) is 17.7. The molecule has 3 rings (SSSR count). The van der Waals surface area contributed by atoms with Crippen molar-refractivity contribution >= 4 is 72.9 Å². The third-order valence-electron chi connectivity index (χ3n) is 4.44. The lowest BCUT2D eigenvalue weighted by atomic mass is 10.2. The monoisotopic (exact) mass is 587 g/mol. The number of hydrazone groups is 1. The predicted molar refractivity (Wildman–Crippen MR) is 135 cm³/mol. The van der Waals surface area contributed by atoms with Gasteiger partial charge in [0.1, 0.15) is 0 Å². The number of rotatable bonds is 8. The molecule has 0 fully saturated rings. The number of amides is 1. The van der Waals surface area contributed by atoms with Gasteiger partial charge < -0.3 is 0 Å². The molecule has 6 nitrogen and oxygen atoms in total. The minimum atomic E-state index is -4.09. The average Bonchev–Trinajstić information content (AvgIpc) is 2.77. The standard InChI is InChI=1S/C22H17BrCl3N3O3S/c23-16-6-4-15(5-7-16)12-27-28-22(30)14-29(13-19-20(25)2-1-3-21(19)26)33(31,32)18-10-8-17(24)9-11-18/h1-12H,13-14H2,(H,28,30)/b27-12-. The van der Waals surface area contributed by atoms with Crippen LogP contribution in [0.1, 0.15) is 11.1 Å². The van der Waals surface area contributed by atoms with E-state index in [1.54, 1.807) is 30.3 Å². The zero-order chi connectivity index (χ0) is 24.0. The number of sulfonamides is 1. The fourth-order valence-corrected chi connectivity index (χ4v) is 5.04. The van der Waals surface area contributed by atoms with E-state index in [4.69, 9.17) is 34.8 Å². The fourth-order valence-electron chi connectivity index (χ4n) is 2.76. The molecule has 3 aromatic rings. The van der Waals surface area contributed by atoms with Gasteiger partial charge in [-0.1, -0.05) is 68.9 Å². The second kappa shape index (κ2) is 11.5. The van der Waals surface area contributed by atoms with Crippen LogP contribution in [0.4, 0.5) is 0 Å². The SMILES string of the molecule is O=C(CN(Cc1c(Cl)cccc1Cl)S(=O)(=O)c1ccc(Cl)cc1)N/N=C\c1ccc(Br)cc1. The molecular formula is C22H17BrCl3N3O3S. The molecule has 33 heavy (non-hydrogen) atoms. The van der Waals surface area contributed by atoms with E-state index in [9.17, 15) is 13.2 Å². The molecule has 0 aliphatic carbocycles. The highest BCUT2D eigenvalue weighted by Gasteiger charge is 2.28. The first-order chi connectivity index (χ1) is 15.7. The summed E-state index contributed by atoms with van der Waals surface area (Å²) in [7, 11) is -4.09. The molecule has 0 aromatic heterocycles. The second-order valence-corrected chi connectivity index (χ2v) is 10.9. The topological polar surface area (TPSA) is 78.8 Å². The second-order valence-electron chi connectivity index (χ2n) is 6.77. The number of hydrogen-bond acceptors (Lipinski definition) is 4. The van der Waals surface area contributed by atoms with Crippen LogP contribution in [0.2, 0.25) is 15.1 Å². The van der Waals surface area contributed by atoms with Crippen molar-refractivity contribution in [3.63, 3.8) is 0 Å². The summed E-state index contributed by atoms with van der Waals surface area (Å²) in [6.07, 6.45) is 1.45. The predicted octanol–water partition coefficient (Wildman–Crippen LogP) is 5.75. The molecule has 0 saturated heterocycles. The molecule has 172 valence electrons. The molecule has 0 radical (unpaired) electrons. The summed E-state index contributed by atoms with van der Waals surface area (Å²) < 4.78 is 28.5. The molecule has 0 bridgehead atoms. The largest absolute Gasteiger partial charge is 0.272 e. The lowest BCUT2D eigenvalue weighted by Gasteiger charge is -2.22. The van der Waals surface area contributed by atoms with E-state index in [1.807, 2.05) is 12.1 Å². The summed E-state index contributed by atoms with van der Waals surface area (Å²) in [5.74, 6) is -0.635. The van der Waals surface area contributed by atoms with Crippen LogP contribution in [-0.2, 0) is 21.4 Å². The van der Waals surface area contributed by atoms with E-state index in [0.29, 0.717) is 10.6 Å². The van der Waals surface area contributed by atoms with E-state index < -0.39 is 22.5 Å². The van der Waals surface area contributed by atoms with Crippen molar-refractivity contribution in [1.82, 2.24) is 9.73 Å². The maximum absolute atomic E-state index is 13.3. The normalized spacial score (nSPS) is 11.8. The Kier molecular flexibility index (Phi) is 8.92. The van der Waals surface area contributed by atoms with Gasteiger partial charge in [0.15, 0.2) is 0 Å². The molecule has 0 atom stereocenters. The van der Waals surface area contributed by atoms with E-state index >= 15 is 0 Å². The van der Waals surface area contributed by atoms with Crippen molar-refractivity contribution < 1.29 is 13.2 Å². The maximum Gasteiger partial charge on any atom is 0.255 e. The van der Waals surface area contributed by atoms with Crippen molar-refractivity contribution in [2.24, 2.45) is 5.10 Å². The number of halogens is 4. The number of carbonyl (C=O) groups excluding carboxylic acids is 1. The van der Waals surface area contributed by atoms with Gasteiger partial charge in [-0.3, -0.25) is 4.79 Å². The molecule has 0 unspecified atom stereocenters. The number of nitrogens with one attached hydrogen (secondary N) is 1. The van der Waals surface area contributed by atoms with Gasteiger partial charge in [0.2, 0.25) is 10.0 Å². The first-order valence-corrected chi connectivity index (χ1v) is 12.8. The van der Waals surface area contributed by atoms with Gasteiger partial charge in [0.05, 0.1) is 17.7 Å². The van der Waals surface area contributed by atoms with E-state index in [2.05, 4.69) is 26.5 Å². The van der Waals surface area contributed by atoms with Crippen LogP contribution in [0.25, 0.3) is 0 Å². The molecule has 1 amide bonds. The number of carbonyl (C=O) groups is 1. The first kappa shape index (κ1) is 25.7. The van der Waals surface area contributed by atoms with Gasteiger partial charge in [-0.05, 0) is 54.1 Å². The lowest BCUT2D eigenvalue weighted by Crippen LogP contribution is -2.39. The molecule has 0 saturated carbocycles. The van der Waals surface area contributed by atoms with Crippen LogP contribution >= 0.6 is 50.7 Å². The van der Waals surface area contributed by atoms with E-state index in [1.165, 1.54) is 30.5 Å². The smallest absolute Gasteiger partial charge is 0.255 e. The van der Waals surface area contributed by atoms with Crippen molar-refractivity contribution in [2.75, 3.05) is 6.54 Å². The molecular weight excluding hydrogens is 573 g/mol. The Labute approximate surface area is 215 Å². The first-order valence-electron chi connectivity index (χ1n) is 9.43. The molecule has 11 heteroatoms. The minimum absolute atomic E-state index is 0.0266. The molecule has 0 spiro atoms. The van der Waals surface area contributed by atoms with Crippen LogP contribution in [0.15, 0.2) is 81.2 Å². The van der Waals surface area contributed by atoms with Gasteiger partial charge in [0, 0.05) is 31.6 Å². The van der Waals surface area contributed by atoms with Crippen molar-refractivity contribution in [3.8, 4) is 0 Å². The van der Waals surface area contributed by atoms with Crippen LogP contribution in [0, 0.1) is 0 Å². The van der Waals surface area contributed by atoms with Gasteiger partial charge in [-0.15, -0.1) is 0 Å². The van der Waals surface area contributed by atoms with Gasteiger partial charge in [-0.25, -0.2) is 13.8 Å². The minimum Gasteiger partial charge on any atom is -0.272 e. The van der Waals surface area contributed by atoms with Crippen LogP contribution in [-0.4, -0.2) is 31.4 Å². The average molecular weight is 590 g/mol. The van der Waals surface area contributed by atoms with Crippen molar-refractivity contribution in [2.45, 2.75) is 11.4 Å². The summed E-state index contributed by atoms with van der Waals surface area (Å²) in [5.41, 5.74) is 3.49. The van der Waals surface area contributed by atoms with Gasteiger partial charge >= 0.3 is 0 Å². The summed E-state index contributed by atoms with van der Waals surface area (Å²) in [6.45, 7) is -0.725. The summed E-state index contributed by atoms with van der Waals surface area (Å²) in [4.78, 5) is 12.5. The number of nitrogens with zero attached hydrogens (tertiary/aromatic N) is 2. The Hall–Kier alpha value is -1.94. The third kappa shape index (κ3) is 7.02. The highest BCUT2D eigenvalue weighted by atomic mass is 79.9. The molecule has 0 heterocycles.